The van der Waals surface area contributed by atoms with Crippen LogP contribution in [0.2, 0.25) is 0 Å². The van der Waals surface area contributed by atoms with Gasteiger partial charge in [-0.2, -0.15) is 12.6 Å². The molecule has 1 heterocycles. The van der Waals surface area contributed by atoms with Crippen LogP contribution in [0.4, 0.5) is 0 Å². The number of rotatable bonds is 4. The Labute approximate surface area is 108 Å². The third-order valence-corrected chi connectivity index (χ3v) is 5.10. The summed E-state index contributed by atoms with van der Waals surface area (Å²) < 4.78 is 11.2. The van der Waals surface area contributed by atoms with Gasteiger partial charge in [-0.05, 0) is 43.8 Å². The van der Waals surface area contributed by atoms with Gasteiger partial charge in [0.1, 0.15) is 0 Å². The first-order valence-corrected chi connectivity index (χ1v) is 7.29. The lowest BCUT2D eigenvalue weighted by Gasteiger charge is -2.35. The van der Waals surface area contributed by atoms with Crippen molar-refractivity contribution in [3.8, 4) is 0 Å². The maximum Gasteiger partial charge on any atom is 0.312 e. The van der Waals surface area contributed by atoms with Gasteiger partial charge in [-0.1, -0.05) is 0 Å². The van der Waals surface area contributed by atoms with Gasteiger partial charge in [-0.3, -0.25) is 4.79 Å². The summed E-state index contributed by atoms with van der Waals surface area (Å²) in [7, 11) is 0. The highest BCUT2D eigenvalue weighted by Gasteiger charge is 2.62. The highest BCUT2D eigenvalue weighted by atomic mass is 32.1. The van der Waals surface area contributed by atoms with Gasteiger partial charge in [0.05, 0.1) is 18.1 Å². The lowest BCUT2D eigenvalue weighted by atomic mass is 9.71. The van der Waals surface area contributed by atoms with Crippen molar-refractivity contribution >= 4 is 18.6 Å². The van der Waals surface area contributed by atoms with E-state index in [1.54, 1.807) is 0 Å². The van der Waals surface area contributed by atoms with E-state index in [2.05, 4.69) is 12.6 Å². The number of ether oxygens (including phenoxy) is 2. The maximum absolute atomic E-state index is 12.0. The molecule has 0 radical (unpaired) electrons. The zero-order valence-corrected chi connectivity index (χ0v) is 11.0. The van der Waals surface area contributed by atoms with Crippen LogP contribution in [-0.2, 0) is 14.3 Å². The molecule has 0 aromatic rings. The van der Waals surface area contributed by atoms with Crippen LogP contribution in [0.3, 0.4) is 0 Å². The Hall–Kier alpha value is -0.220. The Kier molecular flexibility index (Phi) is 3.11. The van der Waals surface area contributed by atoms with E-state index in [9.17, 15) is 4.79 Å². The van der Waals surface area contributed by atoms with Gasteiger partial charge in [-0.15, -0.1) is 0 Å². The molecule has 0 N–H and O–H groups in total. The highest BCUT2D eigenvalue weighted by Crippen LogP contribution is 2.60. The molecule has 3 rings (SSSR count). The number of carbonyl (C=O) groups excluding carboxylic acids is 1. The lowest BCUT2D eigenvalue weighted by molar-refractivity contribution is -0.152. The molecule has 0 aromatic carbocycles. The van der Waals surface area contributed by atoms with Gasteiger partial charge >= 0.3 is 5.97 Å². The fourth-order valence-electron chi connectivity index (χ4n) is 4.09. The second kappa shape index (κ2) is 4.47. The molecule has 3 aliphatic rings. The van der Waals surface area contributed by atoms with Crippen molar-refractivity contribution in [1.29, 1.82) is 0 Å². The molecule has 2 bridgehead atoms. The molecule has 1 spiro atoms. The molecule has 2 aliphatic carbocycles. The molecular weight excluding hydrogens is 236 g/mol. The first kappa shape index (κ1) is 11.8. The largest absolute Gasteiger partial charge is 0.465 e. The average Bonchev–Trinajstić information content (AvgIpc) is 2.96. The zero-order valence-electron chi connectivity index (χ0n) is 10.1. The van der Waals surface area contributed by atoms with Crippen molar-refractivity contribution in [2.24, 2.45) is 17.3 Å². The highest BCUT2D eigenvalue weighted by molar-refractivity contribution is 7.80. The quantitative estimate of drug-likeness (QED) is 0.475. The van der Waals surface area contributed by atoms with Gasteiger partial charge in [0, 0.05) is 12.5 Å². The summed E-state index contributed by atoms with van der Waals surface area (Å²) in [6.45, 7) is 1.40. The minimum absolute atomic E-state index is 0.0486. The van der Waals surface area contributed by atoms with Gasteiger partial charge in [-0.25, -0.2) is 0 Å². The van der Waals surface area contributed by atoms with Crippen molar-refractivity contribution < 1.29 is 14.3 Å². The van der Waals surface area contributed by atoms with Crippen LogP contribution in [-0.4, -0.2) is 31.0 Å². The number of fused-ring (bicyclic) bond motifs is 3. The third kappa shape index (κ3) is 1.80. The molecule has 4 unspecified atom stereocenters. The average molecular weight is 256 g/mol. The first-order chi connectivity index (χ1) is 8.26. The van der Waals surface area contributed by atoms with Crippen molar-refractivity contribution in [1.82, 2.24) is 0 Å². The summed E-state index contributed by atoms with van der Waals surface area (Å²) in [5.41, 5.74) is -0.172. The fourth-order valence-corrected chi connectivity index (χ4v) is 4.22. The molecule has 3 fully saturated rings. The van der Waals surface area contributed by atoms with E-state index in [1.165, 1.54) is 6.42 Å². The standard InChI is InChI=1S/C13H20O3S/c14-12-13(2-4-16-12)8-9-6-10(13)11(7-9)15-3-1-5-17/h9-11,17H,1-8H2. The molecule has 96 valence electrons. The Balaban J connectivity index is 1.68. The second-order valence-electron chi connectivity index (χ2n) is 5.68. The lowest BCUT2D eigenvalue weighted by Crippen LogP contribution is -2.40. The van der Waals surface area contributed by atoms with Gasteiger partial charge in [0.25, 0.3) is 0 Å². The molecular formula is C13H20O3S. The second-order valence-corrected chi connectivity index (χ2v) is 6.12. The van der Waals surface area contributed by atoms with Gasteiger partial charge in [0.15, 0.2) is 0 Å². The zero-order chi connectivity index (χ0) is 11.9. The summed E-state index contributed by atoms with van der Waals surface area (Å²) in [5.74, 6) is 2.02. The van der Waals surface area contributed by atoms with Crippen molar-refractivity contribution in [2.45, 2.75) is 38.2 Å². The summed E-state index contributed by atoms with van der Waals surface area (Å²) in [5, 5.41) is 0. The van der Waals surface area contributed by atoms with Crippen LogP contribution in [0.5, 0.6) is 0 Å². The summed E-state index contributed by atoms with van der Waals surface area (Å²) in [4.78, 5) is 12.0. The number of hydrogen-bond acceptors (Lipinski definition) is 4. The summed E-state index contributed by atoms with van der Waals surface area (Å²) in [6.07, 6.45) is 5.56. The molecule has 4 heteroatoms. The van der Waals surface area contributed by atoms with Gasteiger partial charge < -0.3 is 9.47 Å². The van der Waals surface area contributed by atoms with Crippen LogP contribution in [0.1, 0.15) is 32.1 Å². The van der Waals surface area contributed by atoms with Crippen LogP contribution >= 0.6 is 12.6 Å². The molecule has 1 saturated heterocycles. The SMILES string of the molecule is O=C1OCCC12CC1CC(OCCCS)C2C1. The molecule has 17 heavy (non-hydrogen) atoms. The number of carbonyl (C=O) groups is 1. The molecule has 4 atom stereocenters. The van der Waals surface area contributed by atoms with Crippen LogP contribution in [0.25, 0.3) is 0 Å². The Bertz CT molecular complexity index is 320. The van der Waals surface area contributed by atoms with E-state index < -0.39 is 0 Å². The van der Waals surface area contributed by atoms with Crippen molar-refractivity contribution in [3.05, 3.63) is 0 Å². The van der Waals surface area contributed by atoms with Gasteiger partial charge in [0.2, 0.25) is 0 Å². The van der Waals surface area contributed by atoms with Crippen LogP contribution in [0, 0.1) is 17.3 Å². The molecule has 1 aliphatic heterocycles. The minimum Gasteiger partial charge on any atom is -0.465 e. The Morgan fingerprint density at radius 1 is 1.47 bits per heavy atom. The maximum atomic E-state index is 12.0. The molecule has 3 nitrogen and oxygen atoms in total. The summed E-state index contributed by atoms with van der Waals surface area (Å²) in [6, 6.07) is 0. The van der Waals surface area contributed by atoms with E-state index in [4.69, 9.17) is 9.47 Å². The van der Waals surface area contributed by atoms with E-state index >= 15 is 0 Å². The number of cyclic esters (lactones) is 1. The van der Waals surface area contributed by atoms with E-state index in [-0.39, 0.29) is 11.4 Å². The van der Waals surface area contributed by atoms with E-state index in [0.29, 0.717) is 24.5 Å². The van der Waals surface area contributed by atoms with Crippen LogP contribution in [0.15, 0.2) is 0 Å². The smallest absolute Gasteiger partial charge is 0.312 e. The number of thiol groups is 1. The van der Waals surface area contributed by atoms with Crippen LogP contribution < -0.4 is 0 Å². The summed E-state index contributed by atoms with van der Waals surface area (Å²) >= 11 is 4.19. The van der Waals surface area contributed by atoms with Crippen molar-refractivity contribution in [2.75, 3.05) is 19.0 Å². The molecule has 0 amide bonds. The monoisotopic (exact) mass is 256 g/mol. The molecule has 0 aromatic heterocycles. The number of hydrogen-bond donors (Lipinski definition) is 1. The topological polar surface area (TPSA) is 35.5 Å². The Morgan fingerprint density at radius 2 is 2.35 bits per heavy atom. The molecule has 2 saturated carbocycles. The predicted octanol–water partition coefficient (Wildman–Crippen LogP) is 2.05. The van der Waals surface area contributed by atoms with E-state index in [1.807, 2.05) is 0 Å². The van der Waals surface area contributed by atoms with E-state index in [0.717, 1.165) is 38.0 Å². The minimum atomic E-state index is -0.172. The normalized spacial score (nSPS) is 43.6. The van der Waals surface area contributed by atoms with Crippen molar-refractivity contribution in [3.63, 3.8) is 0 Å². The fraction of sp³-hybridized carbons (Fsp3) is 0.923. The number of esters is 1. The Morgan fingerprint density at radius 3 is 3.00 bits per heavy atom. The predicted molar refractivity (Wildman–Crippen MR) is 67.1 cm³/mol. The third-order valence-electron chi connectivity index (χ3n) is 4.79. The first-order valence-electron chi connectivity index (χ1n) is 6.66.